The molecule has 35 heavy (non-hydrogen) atoms. The van der Waals surface area contributed by atoms with Gasteiger partial charge in [-0.3, -0.25) is 9.59 Å². The van der Waals surface area contributed by atoms with Crippen molar-refractivity contribution in [1.29, 1.82) is 0 Å². The topological polar surface area (TPSA) is 151 Å². The van der Waals surface area contributed by atoms with Crippen molar-refractivity contribution in [3.63, 3.8) is 0 Å². The number of amides is 2. The highest BCUT2D eigenvalue weighted by Crippen LogP contribution is 2.27. The monoisotopic (exact) mass is 469 g/mol. The van der Waals surface area contributed by atoms with Gasteiger partial charge in [0.05, 0.1) is 5.69 Å². The number of benzene rings is 2. The maximum atomic E-state index is 12.9. The summed E-state index contributed by atoms with van der Waals surface area (Å²) in [6.45, 7) is 1.75. The number of oxazole rings is 1. The molecule has 0 saturated heterocycles. The average Bonchev–Trinajstić information content (AvgIpc) is 3.39. The first kappa shape index (κ1) is 21.8. The van der Waals surface area contributed by atoms with Gasteiger partial charge in [-0.25, -0.2) is 24.0 Å². The fourth-order valence-electron chi connectivity index (χ4n) is 3.72. The Morgan fingerprint density at radius 2 is 1.86 bits per heavy atom. The molecule has 0 spiro atoms. The highest BCUT2D eigenvalue weighted by atomic mass is 16.3. The van der Waals surface area contributed by atoms with Crippen LogP contribution in [0.5, 0.6) is 0 Å². The number of pyridine rings is 1. The van der Waals surface area contributed by atoms with E-state index >= 15 is 0 Å². The quantitative estimate of drug-likeness (QED) is 0.401. The van der Waals surface area contributed by atoms with Crippen molar-refractivity contribution >= 4 is 28.6 Å². The van der Waals surface area contributed by atoms with Crippen molar-refractivity contribution in [2.24, 2.45) is 12.8 Å². The standard InChI is InChI=1S/C24H19N7O4/c1-13-29-30(2)24(34)31(13)17-8-6-14(7-9-17)23-28-19-18(35-23)10-11-26-20(19)22(33)27-16-5-3-4-15(12-16)21(25)32/h3-12H,1-2H3,(H2,25,32)(H,27,33). The summed E-state index contributed by atoms with van der Waals surface area (Å²) < 4.78 is 8.63. The number of hydrogen-bond acceptors (Lipinski definition) is 7. The Hall–Kier alpha value is -5.06. The maximum Gasteiger partial charge on any atom is 0.350 e. The first-order valence-electron chi connectivity index (χ1n) is 10.5. The second kappa shape index (κ2) is 8.37. The van der Waals surface area contributed by atoms with Gasteiger partial charge in [-0.1, -0.05) is 6.07 Å². The van der Waals surface area contributed by atoms with Crippen LogP contribution in [0.4, 0.5) is 5.69 Å². The van der Waals surface area contributed by atoms with Crippen LogP contribution in [0.3, 0.4) is 0 Å². The Morgan fingerprint density at radius 3 is 2.54 bits per heavy atom. The zero-order valence-corrected chi connectivity index (χ0v) is 18.7. The summed E-state index contributed by atoms with van der Waals surface area (Å²) in [7, 11) is 1.59. The number of nitrogens with zero attached hydrogens (tertiary/aromatic N) is 5. The van der Waals surface area contributed by atoms with Gasteiger partial charge in [0, 0.05) is 36.1 Å². The molecule has 0 unspecified atom stereocenters. The lowest BCUT2D eigenvalue weighted by Gasteiger charge is -2.06. The van der Waals surface area contributed by atoms with Crippen molar-refractivity contribution in [3.05, 3.63) is 88.4 Å². The van der Waals surface area contributed by atoms with E-state index in [1.54, 1.807) is 62.5 Å². The minimum atomic E-state index is -0.600. The molecule has 0 atom stereocenters. The van der Waals surface area contributed by atoms with Crippen LogP contribution in [-0.2, 0) is 7.05 Å². The van der Waals surface area contributed by atoms with E-state index in [-0.39, 0.29) is 22.5 Å². The molecule has 174 valence electrons. The predicted molar refractivity (Wildman–Crippen MR) is 127 cm³/mol. The third kappa shape index (κ3) is 3.95. The van der Waals surface area contributed by atoms with Crippen molar-refractivity contribution in [2.75, 3.05) is 5.32 Å². The Kier molecular flexibility index (Phi) is 5.21. The zero-order valence-electron chi connectivity index (χ0n) is 18.7. The molecule has 2 amide bonds. The van der Waals surface area contributed by atoms with E-state index < -0.39 is 11.8 Å². The van der Waals surface area contributed by atoms with Gasteiger partial charge >= 0.3 is 5.69 Å². The number of aromatic nitrogens is 5. The van der Waals surface area contributed by atoms with Crippen LogP contribution in [0.25, 0.3) is 28.2 Å². The van der Waals surface area contributed by atoms with E-state index in [1.807, 2.05) is 0 Å². The molecule has 5 aromatic rings. The van der Waals surface area contributed by atoms with Crippen molar-refractivity contribution in [1.82, 2.24) is 24.3 Å². The smallest absolute Gasteiger partial charge is 0.350 e. The van der Waals surface area contributed by atoms with Gasteiger partial charge in [-0.15, -0.1) is 0 Å². The highest BCUT2D eigenvalue weighted by Gasteiger charge is 2.19. The van der Waals surface area contributed by atoms with Gasteiger partial charge in [0.1, 0.15) is 11.3 Å². The number of carbonyl (C=O) groups excluding carboxylic acids is 2. The molecule has 0 saturated carbocycles. The molecule has 3 heterocycles. The molecule has 0 aliphatic heterocycles. The van der Waals surface area contributed by atoms with Gasteiger partial charge in [-0.05, 0) is 49.4 Å². The van der Waals surface area contributed by atoms with Gasteiger partial charge in [-0.2, -0.15) is 5.10 Å². The minimum Gasteiger partial charge on any atom is -0.436 e. The first-order valence-corrected chi connectivity index (χ1v) is 10.5. The molecular formula is C24H19N7O4. The van der Waals surface area contributed by atoms with E-state index in [9.17, 15) is 14.4 Å². The van der Waals surface area contributed by atoms with E-state index in [0.29, 0.717) is 34.2 Å². The Labute approximate surface area is 197 Å². The van der Waals surface area contributed by atoms with E-state index in [1.165, 1.54) is 21.5 Å². The van der Waals surface area contributed by atoms with Crippen LogP contribution in [0.15, 0.2) is 70.0 Å². The molecule has 0 bridgehead atoms. The fraction of sp³-hybridized carbons (Fsp3) is 0.0833. The molecular weight excluding hydrogens is 450 g/mol. The largest absolute Gasteiger partial charge is 0.436 e. The number of rotatable bonds is 5. The zero-order chi connectivity index (χ0) is 24.7. The molecule has 11 nitrogen and oxygen atoms in total. The lowest BCUT2D eigenvalue weighted by Crippen LogP contribution is -2.21. The van der Waals surface area contributed by atoms with E-state index in [0.717, 1.165) is 0 Å². The summed E-state index contributed by atoms with van der Waals surface area (Å²) in [5, 5.41) is 6.84. The molecule has 0 aliphatic carbocycles. The number of aryl methyl sites for hydroxylation is 2. The van der Waals surface area contributed by atoms with Crippen molar-refractivity contribution < 1.29 is 14.0 Å². The summed E-state index contributed by atoms with van der Waals surface area (Å²) in [6.07, 6.45) is 1.45. The fourth-order valence-corrected chi connectivity index (χ4v) is 3.72. The van der Waals surface area contributed by atoms with Gasteiger partial charge < -0.3 is 15.5 Å². The third-order valence-corrected chi connectivity index (χ3v) is 5.39. The summed E-state index contributed by atoms with van der Waals surface area (Å²) in [4.78, 5) is 45.3. The van der Waals surface area contributed by atoms with Gasteiger partial charge in [0.25, 0.3) is 5.91 Å². The SMILES string of the molecule is Cc1nn(C)c(=O)n1-c1ccc(-c2nc3c(C(=O)Nc4cccc(C(N)=O)c4)nccc3o2)cc1. The average molecular weight is 469 g/mol. The van der Waals surface area contributed by atoms with Crippen LogP contribution in [0.2, 0.25) is 0 Å². The van der Waals surface area contributed by atoms with Crippen LogP contribution >= 0.6 is 0 Å². The summed E-state index contributed by atoms with van der Waals surface area (Å²) >= 11 is 0. The van der Waals surface area contributed by atoms with Crippen LogP contribution in [0, 0.1) is 6.92 Å². The molecule has 2 aromatic carbocycles. The lowest BCUT2D eigenvalue weighted by molar-refractivity contribution is 0.0995. The maximum absolute atomic E-state index is 12.9. The highest BCUT2D eigenvalue weighted by molar-refractivity contribution is 6.10. The second-order valence-corrected chi connectivity index (χ2v) is 7.76. The number of nitrogens with one attached hydrogen (secondary N) is 1. The summed E-state index contributed by atoms with van der Waals surface area (Å²) in [6, 6.07) is 14.9. The van der Waals surface area contributed by atoms with Crippen molar-refractivity contribution in [3.8, 4) is 17.1 Å². The summed E-state index contributed by atoms with van der Waals surface area (Å²) in [5.41, 5.74) is 7.76. The van der Waals surface area contributed by atoms with E-state index in [2.05, 4.69) is 20.4 Å². The number of fused-ring (bicyclic) bond motifs is 1. The normalized spacial score (nSPS) is 11.0. The van der Waals surface area contributed by atoms with Gasteiger partial charge in [0.15, 0.2) is 11.3 Å². The molecule has 3 aromatic heterocycles. The Bertz CT molecular complexity index is 1660. The predicted octanol–water partition coefficient (Wildman–Crippen LogP) is 2.43. The Balaban J connectivity index is 1.46. The lowest BCUT2D eigenvalue weighted by atomic mass is 10.2. The molecule has 0 fully saturated rings. The summed E-state index contributed by atoms with van der Waals surface area (Å²) in [5.74, 6) is -0.259. The number of carbonyl (C=O) groups is 2. The van der Waals surface area contributed by atoms with Crippen LogP contribution in [0.1, 0.15) is 26.7 Å². The number of nitrogens with two attached hydrogens (primary N) is 1. The third-order valence-electron chi connectivity index (χ3n) is 5.39. The second-order valence-electron chi connectivity index (χ2n) is 7.76. The molecule has 0 aliphatic rings. The number of primary amides is 1. The molecule has 3 N–H and O–H groups in total. The number of hydrogen-bond donors (Lipinski definition) is 2. The minimum absolute atomic E-state index is 0.0659. The Morgan fingerprint density at radius 1 is 1.09 bits per heavy atom. The molecule has 11 heteroatoms. The van der Waals surface area contributed by atoms with E-state index in [4.69, 9.17) is 10.2 Å². The number of anilines is 1. The van der Waals surface area contributed by atoms with Crippen LogP contribution < -0.4 is 16.7 Å². The molecule has 0 radical (unpaired) electrons. The van der Waals surface area contributed by atoms with Crippen molar-refractivity contribution in [2.45, 2.75) is 6.92 Å². The van der Waals surface area contributed by atoms with Crippen LogP contribution in [-0.4, -0.2) is 36.1 Å². The molecule has 5 rings (SSSR count). The van der Waals surface area contributed by atoms with Gasteiger partial charge in [0.2, 0.25) is 11.8 Å². The first-order chi connectivity index (χ1) is 16.8.